The predicted octanol–water partition coefficient (Wildman–Crippen LogP) is 3.48. The van der Waals surface area contributed by atoms with E-state index < -0.39 is 6.10 Å². The lowest BCUT2D eigenvalue weighted by molar-refractivity contribution is 0.136. The van der Waals surface area contributed by atoms with E-state index in [1.54, 1.807) is 24.3 Å². The van der Waals surface area contributed by atoms with Gasteiger partial charge in [0.05, 0.1) is 6.10 Å². The Morgan fingerprint density at radius 3 is 2.61 bits per heavy atom. The maximum atomic E-state index is 13.5. The third-order valence-corrected chi connectivity index (χ3v) is 4.10. The molecule has 0 aliphatic carbocycles. The molecular weight excluding hydrogens is 293 g/mol. The minimum atomic E-state index is -0.699. The van der Waals surface area contributed by atoms with Crippen molar-refractivity contribution in [1.29, 1.82) is 0 Å². The van der Waals surface area contributed by atoms with Crippen LogP contribution >= 0.6 is 0 Å². The van der Waals surface area contributed by atoms with Crippen molar-refractivity contribution in [2.24, 2.45) is 0 Å². The largest absolute Gasteiger partial charge is 0.508 e. The van der Waals surface area contributed by atoms with E-state index in [9.17, 15) is 14.6 Å². The van der Waals surface area contributed by atoms with Crippen molar-refractivity contribution in [2.45, 2.75) is 38.8 Å². The van der Waals surface area contributed by atoms with Gasteiger partial charge < -0.3 is 15.5 Å². The summed E-state index contributed by atoms with van der Waals surface area (Å²) >= 11 is 0. The number of aliphatic hydroxyl groups is 1. The molecule has 0 aliphatic heterocycles. The summed E-state index contributed by atoms with van der Waals surface area (Å²) in [5.41, 5.74) is 2.18. The minimum Gasteiger partial charge on any atom is -0.508 e. The molecule has 124 valence electrons. The van der Waals surface area contributed by atoms with Gasteiger partial charge in [-0.15, -0.1) is 0 Å². The van der Waals surface area contributed by atoms with Crippen LogP contribution in [0.2, 0.25) is 0 Å². The van der Waals surface area contributed by atoms with Crippen molar-refractivity contribution >= 4 is 0 Å². The van der Waals surface area contributed by atoms with E-state index in [4.69, 9.17) is 0 Å². The molecule has 4 heteroatoms. The van der Waals surface area contributed by atoms with Crippen LogP contribution in [0.15, 0.2) is 42.5 Å². The Labute approximate surface area is 136 Å². The Morgan fingerprint density at radius 1 is 1.17 bits per heavy atom. The van der Waals surface area contributed by atoms with Crippen LogP contribution in [0.5, 0.6) is 5.75 Å². The van der Waals surface area contributed by atoms with Gasteiger partial charge in [-0.05, 0) is 62.1 Å². The molecular formula is C19H24FNO2. The summed E-state index contributed by atoms with van der Waals surface area (Å²) in [5.74, 6) is 0.0176. The first-order valence-corrected chi connectivity index (χ1v) is 7.93. The summed E-state index contributed by atoms with van der Waals surface area (Å²) in [4.78, 5) is 0. The number of aryl methyl sites for hydroxylation is 2. The molecule has 23 heavy (non-hydrogen) atoms. The monoisotopic (exact) mass is 317 g/mol. The highest BCUT2D eigenvalue weighted by atomic mass is 19.1. The molecule has 2 atom stereocenters. The van der Waals surface area contributed by atoms with Gasteiger partial charge in [-0.3, -0.25) is 0 Å². The Kier molecular flexibility index (Phi) is 6.13. The zero-order valence-electron chi connectivity index (χ0n) is 13.6. The highest BCUT2D eigenvalue weighted by Crippen LogP contribution is 2.24. The lowest BCUT2D eigenvalue weighted by Crippen LogP contribution is -2.33. The number of benzene rings is 2. The van der Waals surface area contributed by atoms with Crippen molar-refractivity contribution < 1.29 is 14.6 Å². The number of aromatic hydroxyl groups is 1. The molecule has 2 rings (SSSR count). The molecule has 0 fully saturated rings. The third kappa shape index (κ3) is 4.78. The van der Waals surface area contributed by atoms with Gasteiger partial charge in [-0.1, -0.05) is 30.3 Å². The quantitative estimate of drug-likeness (QED) is 0.685. The summed E-state index contributed by atoms with van der Waals surface area (Å²) in [5, 5.41) is 23.3. The van der Waals surface area contributed by atoms with Crippen LogP contribution in [0.3, 0.4) is 0 Å². The van der Waals surface area contributed by atoms with Crippen molar-refractivity contribution in [2.75, 3.05) is 6.54 Å². The smallest absolute Gasteiger partial charge is 0.126 e. The van der Waals surface area contributed by atoms with Gasteiger partial charge in [0.25, 0.3) is 0 Å². The number of rotatable bonds is 7. The number of aliphatic hydroxyl groups excluding tert-OH is 1. The van der Waals surface area contributed by atoms with Crippen molar-refractivity contribution in [1.82, 2.24) is 5.32 Å². The second-order valence-corrected chi connectivity index (χ2v) is 5.93. The van der Waals surface area contributed by atoms with Gasteiger partial charge in [0.1, 0.15) is 11.6 Å². The SMILES string of the molecule is Cc1ccc(C(O)C(C)NCCCc2ccccc2F)cc1O. The van der Waals surface area contributed by atoms with Gasteiger partial charge in [-0.25, -0.2) is 4.39 Å². The normalized spacial score (nSPS) is 13.7. The summed E-state index contributed by atoms with van der Waals surface area (Å²) in [6.07, 6.45) is 0.750. The topological polar surface area (TPSA) is 52.5 Å². The molecule has 2 aromatic rings. The first kappa shape index (κ1) is 17.4. The Balaban J connectivity index is 1.81. The van der Waals surface area contributed by atoms with Gasteiger partial charge in [0.2, 0.25) is 0 Å². The predicted molar refractivity (Wildman–Crippen MR) is 90.0 cm³/mol. The standard InChI is InChI=1S/C19H24FNO2/c1-13-9-10-16(12-18(13)22)19(23)14(2)21-11-5-7-15-6-3-4-8-17(15)20/h3-4,6,8-10,12,14,19,21-23H,5,7,11H2,1-2H3. The summed E-state index contributed by atoms with van der Waals surface area (Å²) in [6, 6.07) is 11.8. The van der Waals surface area contributed by atoms with E-state index >= 15 is 0 Å². The number of phenols is 1. The van der Waals surface area contributed by atoms with Crippen LogP contribution in [0.1, 0.15) is 36.1 Å². The van der Waals surface area contributed by atoms with Gasteiger partial charge in [0.15, 0.2) is 0 Å². The highest BCUT2D eigenvalue weighted by Gasteiger charge is 2.16. The van der Waals surface area contributed by atoms with E-state index in [0.717, 1.165) is 12.0 Å². The van der Waals surface area contributed by atoms with Crippen molar-refractivity contribution in [3.63, 3.8) is 0 Å². The van der Waals surface area contributed by atoms with Crippen LogP contribution in [0.25, 0.3) is 0 Å². The van der Waals surface area contributed by atoms with Crippen molar-refractivity contribution in [3.05, 3.63) is 65.0 Å². The molecule has 0 bridgehead atoms. The Bertz CT molecular complexity index is 645. The maximum Gasteiger partial charge on any atom is 0.126 e. The molecule has 0 saturated heterocycles. The molecule has 0 saturated carbocycles. The van der Waals surface area contributed by atoms with Crippen LogP contribution in [0.4, 0.5) is 4.39 Å². The summed E-state index contributed by atoms with van der Waals surface area (Å²) in [6.45, 7) is 4.39. The maximum absolute atomic E-state index is 13.5. The lowest BCUT2D eigenvalue weighted by Gasteiger charge is -2.21. The van der Waals surface area contributed by atoms with E-state index in [2.05, 4.69) is 5.32 Å². The van der Waals surface area contributed by atoms with Gasteiger partial charge in [0, 0.05) is 6.04 Å². The van der Waals surface area contributed by atoms with Crippen LogP contribution in [0, 0.1) is 12.7 Å². The number of hydrogen-bond donors (Lipinski definition) is 3. The fourth-order valence-corrected chi connectivity index (χ4v) is 2.52. The van der Waals surface area contributed by atoms with Crippen LogP contribution in [-0.2, 0) is 6.42 Å². The van der Waals surface area contributed by atoms with E-state index in [0.29, 0.717) is 24.1 Å². The fourth-order valence-electron chi connectivity index (χ4n) is 2.52. The van der Waals surface area contributed by atoms with Gasteiger partial charge >= 0.3 is 0 Å². The summed E-state index contributed by atoms with van der Waals surface area (Å²) in [7, 11) is 0. The van der Waals surface area contributed by atoms with Crippen LogP contribution < -0.4 is 5.32 Å². The molecule has 0 spiro atoms. The first-order chi connectivity index (χ1) is 11.0. The zero-order chi connectivity index (χ0) is 16.8. The summed E-state index contributed by atoms with van der Waals surface area (Å²) < 4.78 is 13.5. The average Bonchev–Trinajstić information content (AvgIpc) is 2.54. The molecule has 3 nitrogen and oxygen atoms in total. The number of nitrogens with one attached hydrogen (secondary N) is 1. The molecule has 3 N–H and O–H groups in total. The van der Waals surface area contributed by atoms with E-state index in [1.165, 1.54) is 6.07 Å². The third-order valence-electron chi connectivity index (χ3n) is 4.10. The number of hydrogen-bond acceptors (Lipinski definition) is 3. The highest BCUT2D eigenvalue weighted by molar-refractivity contribution is 5.36. The van der Waals surface area contributed by atoms with E-state index in [1.807, 2.05) is 26.0 Å². The second kappa shape index (κ2) is 8.09. The molecule has 2 unspecified atom stereocenters. The number of halogens is 1. The zero-order valence-corrected chi connectivity index (χ0v) is 13.6. The lowest BCUT2D eigenvalue weighted by atomic mass is 10.0. The minimum absolute atomic E-state index is 0.155. The number of phenolic OH excluding ortho intramolecular Hbond substituents is 1. The van der Waals surface area contributed by atoms with Crippen LogP contribution in [-0.4, -0.2) is 22.8 Å². The van der Waals surface area contributed by atoms with Gasteiger partial charge in [-0.2, -0.15) is 0 Å². The molecule has 0 radical (unpaired) electrons. The average molecular weight is 317 g/mol. The molecule has 0 aliphatic rings. The fraction of sp³-hybridized carbons (Fsp3) is 0.368. The molecule has 2 aromatic carbocycles. The van der Waals surface area contributed by atoms with E-state index in [-0.39, 0.29) is 17.6 Å². The Morgan fingerprint density at radius 2 is 1.91 bits per heavy atom. The second-order valence-electron chi connectivity index (χ2n) is 5.93. The molecule has 0 amide bonds. The molecule has 0 aromatic heterocycles. The first-order valence-electron chi connectivity index (χ1n) is 7.93. The van der Waals surface area contributed by atoms with Crippen molar-refractivity contribution in [3.8, 4) is 5.75 Å². The Hall–Kier alpha value is -1.91. The molecule has 0 heterocycles.